The Kier molecular flexibility index (Phi) is 5.07. The molecule has 0 saturated carbocycles. The zero-order chi connectivity index (χ0) is 17.8. The van der Waals surface area contributed by atoms with Gasteiger partial charge in [-0.05, 0) is 50.1 Å². The highest BCUT2D eigenvalue weighted by Gasteiger charge is 2.24. The van der Waals surface area contributed by atoms with Crippen LogP contribution >= 0.6 is 0 Å². The van der Waals surface area contributed by atoms with Gasteiger partial charge in [-0.25, -0.2) is 4.79 Å². The van der Waals surface area contributed by atoms with E-state index in [2.05, 4.69) is 9.88 Å². The number of carbonyl (C=O) groups is 2. The highest BCUT2D eigenvalue weighted by atomic mass is 16.5. The molecule has 1 aliphatic rings. The van der Waals surface area contributed by atoms with Gasteiger partial charge in [0.15, 0.2) is 0 Å². The van der Waals surface area contributed by atoms with Crippen LogP contribution in [0.1, 0.15) is 36.2 Å². The Morgan fingerprint density at radius 1 is 1.16 bits per heavy atom. The number of nitrogens with zero attached hydrogens (tertiary/aromatic N) is 1. The molecule has 0 amide bonds. The van der Waals surface area contributed by atoms with Crippen molar-refractivity contribution in [1.29, 1.82) is 0 Å². The van der Waals surface area contributed by atoms with E-state index >= 15 is 0 Å². The highest BCUT2D eigenvalue weighted by molar-refractivity contribution is 5.96. The largest absolute Gasteiger partial charge is 0.466 e. The fourth-order valence-corrected chi connectivity index (χ4v) is 3.16. The van der Waals surface area contributed by atoms with Gasteiger partial charge in [0.2, 0.25) is 0 Å². The lowest BCUT2D eigenvalue weighted by atomic mass is 9.92. The van der Waals surface area contributed by atoms with Crippen LogP contribution in [0, 0.1) is 0 Å². The molecule has 0 atom stereocenters. The van der Waals surface area contributed by atoms with E-state index in [-0.39, 0.29) is 18.4 Å². The van der Waals surface area contributed by atoms with Crippen LogP contribution in [0.3, 0.4) is 0 Å². The number of aromatic nitrogens is 1. The molecule has 6 nitrogen and oxygen atoms in total. The first-order valence-electron chi connectivity index (χ1n) is 8.53. The molecule has 0 unspecified atom stereocenters. The Labute approximate surface area is 146 Å². The van der Waals surface area contributed by atoms with Crippen molar-refractivity contribution in [3.8, 4) is 11.3 Å². The quantitative estimate of drug-likeness (QED) is 0.816. The zero-order valence-electron chi connectivity index (χ0n) is 14.5. The summed E-state index contributed by atoms with van der Waals surface area (Å²) < 4.78 is 12.3. The van der Waals surface area contributed by atoms with Gasteiger partial charge in [-0.3, -0.25) is 4.79 Å². The molecule has 0 spiro atoms. The second kappa shape index (κ2) is 7.42. The minimum atomic E-state index is -0.368. The lowest BCUT2D eigenvalue weighted by Gasteiger charge is -2.25. The summed E-state index contributed by atoms with van der Waals surface area (Å²) >= 11 is 0. The Hall–Kier alpha value is -2.76. The van der Waals surface area contributed by atoms with Gasteiger partial charge in [0.25, 0.3) is 0 Å². The molecule has 6 heteroatoms. The molecule has 1 aliphatic heterocycles. The molecule has 0 radical (unpaired) electrons. The number of fused-ring (bicyclic) bond motifs is 3. The first-order chi connectivity index (χ1) is 12.2. The SMILES string of the molecule is CCOC(=O)CCc1c(C(=O)OCC)ccc2c1-c1cccn1CN2. The first kappa shape index (κ1) is 17.1. The van der Waals surface area contributed by atoms with E-state index < -0.39 is 0 Å². The van der Waals surface area contributed by atoms with E-state index in [0.29, 0.717) is 31.9 Å². The van der Waals surface area contributed by atoms with Gasteiger partial charge >= 0.3 is 11.9 Å². The predicted octanol–water partition coefficient (Wildman–Crippen LogP) is 3.21. The Morgan fingerprint density at radius 3 is 2.72 bits per heavy atom. The summed E-state index contributed by atoms with van der Waals surface area (Å²) in [6, 6.07) is 7.65. The number of hydrogen-bond acceptors (Lipinski definition) is 5. The molecule has 0 aliphatic carbocycles. The number of rotatable bonds is 6. The molecule has 2 heterocycles. The first-order valence-corrected chi connectivity index (χ1v) is 8.53. The van der Waals surface area contributed by atoms with Crippen LogP contribution in [0.2, 0.25) is 0 Å². The summed E-state index contributed by atoms with van der Waals surface area (Å²) in [7, 11) is 0. The Morgan fingerprint density at radius 2 is 1.96 bits per heavy atom. The van der Waals surface area contributed by atoms with Crippen LogP contribution in [-0.4, -0.2) is 29.7 Å². The summed E-state index contributed by atoms with van der Waals surface area (Å²) in [6.07, 6.45) is 2.62. The van der Waals surface area contributed by atoms with Crippen molar-refractivity contribution in [2.24, 2.45) is 0 Å². The molecule has 0 fully saturated rings. The van der Waals surface area contributed by atoms with Crippen molar-refractivity contribution in [2.75, 3.05) is 18.5 Å². The Balaban J connectivity index is 2.04. The predicted molar refractivity (Wildman–Crippen MR) is 94.4 cm³/mol. The number of esters is 2. The third-order valence-corrected chi connectivity index (χ3v) is 4.22. The van der Waals surface area contributed by atoms with E-state index in [1.807, 2.05) is 24.4 Å². The summed E-state index contributed by atoms with van der Waals surface area (Å²) in [4.78, 5) is 24.2. The standard InChI is InChI=1S/C19H22N2O4/c1-3-24-17(22)10-8-13-14(19(23)25-4-2)7-9-15-18(13)16-6-5-11-21(16)12-20-15/h5-7,9,11,20H,3-4,8,10,12H2,1-2H3. The van der Waals surface area contributed by atoms with E-state index in [9.17, 15) is 9.59 Å². The fraction of sp³-hybridized carbons (Fsp3) is 0.368. The van der Waals surface area contributed by atoms with Crippen LogP contribution in [0.5, 0.6) is 0 Å². The zero-order valence-corrected chi connectivity index (χ0v) is 14.5. The van der Waals surface area contributed by atoms with Crippen LogP contribution < -0.4 is 5.32 Å². The summed E-state index contributed by atoms with van der Waals surface area (Å²) in [5.74, 6) is -0.637. The maximum absolute atomic E-state index is 12.4. The van der Waals surface area contributed by atoms with Gasteiger partial charge in [0.05, 0.1) is 31.1 Å². The van der Waals surface area contributed by atoms with Crippen molar-refractivity contribution >= 4 is 17.6 Å². The summed E-state index contributed by atoms with van der Waals surface area (Å²) in [6.45, 7) is 4.89. The van der Waals surface area contributed by atoms with E-state index in [1.165, 1.54) is 0 Å². The maximum Gasteiger partial charge on any atom is 0.338 e. The number of ether oxygens (including phenoxy) is 2. The average Bonchev–Trinajstić information content (AvgIpc) is 3.08. The van der Waals surface area contributed by atoms with Crippen molar-refractivity contribution < 1.29 is 19.1 Å². The molecular weight excluding hydrogens is 320 g/mol. The number of hydrogen-bond donors (Lipinski definition) is 1. The average molecular weight is 342 g/mol. The third-order valence-electron chi connectivity index (χ3n) is 4.22. The Bertz CT molecular complexity index is 795. The second-order valence-electron chi connectivity index (χ2n) is 5.74. The molecule has 1 aromatic heterocycles. The van der Waals surface area contributed by atoms with Gasteiger partial charge in [0.1, 0.15) is 0 Å². The molecule has 3 rings (SSSR count). The lowest BCUT2D eigenvalue weighted by molar-refractivity contribution is -0.143. The number of carbonyl (C=O) groups excluding carboxylic acids is 2. The summed E-state index contributed by atoms with van der Waals surface area (Å²) in [5.41, 5.74) is 4.25. The molecule has 1 aromatic carbocycles. The fourth-order valence-electron chi connectivity index (χ4n) is 3.16. The monoisotopic (exact) mass is 342 g/mol. The van der Waals surface area contributed by atoms with Crippen LogP contribution in [0.15, 0.2) is 30.5 Å². The second-order valence-corrected chi connectivity index (χ2v) is 5.74. The number of anilines is 1. The molecule has 132 valence electrons. The topological polar surface area (TPSA) is 69.6 Å². The van der Waals surface area contributed by atoms with Crippen molar-refractivity contribution in [1.82, 2.24) is 4.57 Å². The van der Waals surface area contributed by atoms with E-state index in [0.717, 1.165) is 22.5 Å². The van der Waals surface area contributed by atoms with Crippen molar-refractivity contribution in [3.05, 3.63) is 41.6 Å². The van der Waals surface area contributed by atoms with Crippen LogP contribution in [0.4, 0.5) is 5.69 Å². The van der Waals surface area contributed by atoms with Gasteiger partial charge in [0, 0.05) is 23.9 Å². The van der Waals surface area contributed by atoms with Crippen LogP contribution in [0.25, 0.3) is 11.3 Å². The van der Waals surface area contributed by atoms with Crippen molar-refractivity contribution in [3.63, 3.8) is 0 Å². The molecule has 2 aromatic rings. The normalized spacial score (nSPS) is 11.9. The molecule has 0 saturated heterocycles. The van der Waals surface area contributed by atoms with Gasteiger partial charge < -0.3 is 19.4 Å². The molecule has 25 heavy (non-hydrogen) atoms. The van der Waals surface area contributed by atoms with Crippen LogP contribution in [-0.2, 0) is 27.4 Å². The molecule has 0 bridgehead atoms. The maximum atomic E-state index is 12.4. The van der Waals surface area contributed by atoms with E-state index in [4.69, 9.17) is 9.47 Å². The number of benzene rings is 1. The minimum Gasteiger partial charge on any atom is -0.466 e. The van der Waals surface area contributed by atoms with Gasteiger partial charge in [-0.1, -0.05) is 0 Å². The summed E-state index contributed by atoms with van der Waals surface area (Å²) in [5, 5.41) is 3.35. The number of nitrogens with one attached hydrogen (secondary N) is 1. The minimum absolute atomic E-state index is 0.220. The van der Waals surface area contributed by atoms with Gasteiger partial charge in [-0.2, -0.15) is 0 Å². The molecular formula is C19H22N2O4. The highest BCUT2D eigenvalue weighted by Crippen LogP contribution is 2.38. The lowest BCUT2D eigenvalue weighted by Crippen LogP contribution is -2.18. The third kappa shape index (κ3) is 3.38. The van der Waals surface area contributed by atoms with Crippen molar-refractivity contribution in [2.45, 2.75) is 33.4 Å². The van der Waals surface area contributed by atoms with Gasteiger partial charge in [-0.15, -0.1) is 0 Å². The molecule has 1 N–H and O–H groups in total. The smallest absolute Gasteiger partial charge is 0.338 e. The van der Waals surface area contributed by atoms with E-state index in [1.54, 1.807) is 19.9 Å².